The SMILES string of the molecule is CC1(C)CCCN(C(=O)C(C)(N)C(F)(F)F)CC1. The van der Waals surface area contributed by atoms with Crippen LogP contribution in [-0.4, -0.2) is 35.6 Å². The molecule has 1 aliphatic rings. The summed E-state index contributed by atoms with van der Waals surface area (Å²) >= 11 is 0. The maximum Gasteiger partial charge on any atom is 0.415 e. The zero-order valence-electron chi connectivity index (χ0n) is 11.1. The van der Waals surface area contributed by atoms with Crippen molar-refractivity contribution < 1.29 is 18.0 Å². The molecule has 0 bridgehead atoms. The molecule has 106 valence electrons. The summed E-state index contributed by atoms with van der Waals surface area (Å²) in [6.45, 7) is 5.56. The summed E-state index contributed by atoms with van der Waals surface area (Å²) in [5.41, 5.74) is 2.45. The zero-order valence-corrected chi connectivity index (χ0v) is 11.1. The molecule has 3 nitrogen and oxygen atoms in total. The molecular weight excluding hydrogens is 245 g/mol. The Bertz CT molecular complexity index is 324. The minimum Gasteiger partial charge on any atom is -0.341 e. The Morgan fingerprint density at radius 2 is 1.78 bits per heavy atom. The number of carbonyl (C=O) groups is 1. The van der Waals surface area contributed by atoms with Crippen LogP contribution in [0.4, 0.5) is 13.2 Å². The lowest BCUT2D eigenvalue weighted by atomic mass is 9.85. The maximum atomic E-state index is 12.7. The van der Waals surface area contributed by atoms with Crippen molar-refractivity contribution in [1.29, 1.82) is 0 Å². The van der Waals surface area contributed by atoms with Gasteiger partial charge >= 0.3 is 6.18 Å². The molecule has 1 heterocycles. The first kappa shape index (κ1) is 15.3. The van der Waals surface area contributed by atoms with Crippen molar-refractivity contribution >= 4 is 5.91 Å². The second-order valence-electron chi connectivity index (χ2n) is 6.01. The third kappa shape index (κ3) is 3.16. The number of hydrogen-bond donors (Lipinski definition) is 1. The monoisotopic (exact) mass is 266 g/mol. The molecule has 0 aliphatic carbocycles. The first-order valence-electron chi connectivity index (χ1n) is 6.12. The summed E-state index contributed by atoms with van der Waals surface area (Å²) < 4.78 is 38.2. The standard InChI is InChI=1S/C12H21F3N2O/c1-10(2)5-4-7-17(8-6-10)9(18)11(3,16)12(13,14)15/h4-8,16H2,1-3H3. The summed E-state index contributed by atoms with van der Waals surface area (Å²) in [5, 5.41) is 0. The molecular formula is C12H21F3N2O. The topological polar surface area (TPSA) is 46.3 Å². The van der Waals surface area contributed by atoms with Crippen molar-refractivity contribution in [2.24, 2.45) is 11.1 Å². The van der Waals surface area contributed by atoms with Crippen LogP contribution in [0.25, 0.3) is 0 Å². The highest BCUT2D eigenvalue weighted by Crippen LogP contribution is 2.33. The van der Waals surface area contributed by atoms with E-state index in [1.54, 1.807) is 0 Å². The predicted octanol–water partition coefficient (Wildman–Crippen LogP) is 2.30. The fourth-order valence-corrected chi connectivity index (χ4v) is 2.08. The molecule has 1 atom stereocenters. The second kappa shape index (κ2) is 4.72. The molecule has 1 aliphatic heterocycles. The molecule has 0 spiro atoms. The average Bonchev–Trinajstić information content (AvgIpc) is 2.36. The van der Waals surface area contributed by atoms with Crippen molar-refractivity contribution in [3.63, 3.8) is 0 Å². The summed E-state index contributed by atoms with van der Waals surface area (Å²) in [4.78, 5) is 13.2. The van der Waals surface area contributed by atoms with Crippen LogP contribution in [0.1, 0.15) is 40.0 Å². The van der Waals surface area contributed by atoms with Gasteiger partial charge in [-0.2, -0.15) is 13.2 Å². The van der Waals surface area contributed by atoms with E-state index in [9.17, 15) is 18.0 Å². The van der Waals surface area contributed by atoms with Gasteiger partial charge < -0.3 is 10.6 Å². The van der Waals surface area contributed by atoms with Crippen LogP contribution in [0.5, 0.6) is 0 Å². The minimum absolute atomic E-state index is 0.0677. The molecule has 18 heavy (non-hydrogen) atoms. The molecule has 0 aromatic carbocycles. The fourth-order valence-electron chi connectivity index (χ4n) is 2.08. The maximum absolute atomic E-state index is 12.7. The normalized spacial score (nSPS) is 24.3. The van der Waals surface area contributed by atoms with Gasteiger partial charge in [0.15, 0.2) is 5.54 Å². The molecule has 0 saturated carbocycles. The Kier molecular flexibility index (Phi) is 4.00. The number of amides is 1. The zero-order chi connectivity index (χ0) is 14.2. The van der Waals surface area contributed by atoms with E-state index in [0.717, 1.165) is 13.3 Å². The minimum atomic E-state index is -4.72. The van der Waals surface area contributed by atoms with Gasteiger partial charge in [-0.15, -0.1) is 0 Å². The molecule has 0 aromatic heterocycles. The van der Waals surface area contributed by atoms with Crippen LogP contribution in [0.15, 0.2) is 0 Å². The van der Waals surface area contributed by atoms with Gasteiger partial charge in [0.1, 0.15) is 0 Å². The van der Waals surface area contributed by atoms with Gasteiger partial charge in [0.05, 0.1) is 0 Å². The number of halogens is 3. The van der Waals surface area contributed by atoms with E-state index in [1.807, 2.05) is 0 Å². The van der Waals surface area contributed by atoms with E-state index in [0.29, 0.717) is 25.9 Å². The van der Waals surface area contributed by atoms with Crippen LogP contribution in [0, 0.1) is 5.41 Å². The Morgan fingerprint density at radius 3 is 2.28 bits per heavy atom. The van der Waals surface area contributed by atoms with Crippen molar-refractivity contribution in [1.82, 2.24) is 4.90 Å². The molecule has 0 radical (unpaired) electrons. The van der Waals surface area contributed by atoms with Crippen LogP contribution in [0.3, 0.4) is 0 Å². The number of likely N-dealkylation sites (tertiary alicyclic amines) is 1. The van der Waals surface area contributed by atoms with Crippen LogP contribution in [-0.2, 0) is 4.79 Å². The summed E-state index contributed by atoms with van der Waals surface area (Å²) in [5.74, 6) is -1.02. The van der Waals surface area contributed by atoms with E-state index in [1.165, 1.54) is 4.90 Å². The molecule has 1 rings (SSSR count). The number of nitrogens with zero attached hydrogens (tertiary/aromatic N) is 1. The van der Waals surface area contributed by atoms with Crippen molar-refractivity contribution in [3.8, 4) is 0 Å². The Morgan fingerprint density at radius 1 is 1.22 bits per heavy atom. The van der Waals surface area contributed by atoms with Gasteiger partial charge in [-0.1, -0.05) is 13.8 Å². The summed E-state index contributed by atoms with van der Waals surface area (Å²) in [6, 6.07) is 0. The molecule has 1 saturated heterocycles. The third-order valence-electron chi connectivity index (χ3n) is 3.66. The first-order valence-corrected chi connectivity index (χ1v) is 6.12. The quantitative estimate of drug-likeness (QED) is 0.791. The number of rotatable bonds is 1. The van der Waals surface area contributed by atoms with Crippen molar-refractivity contribution in [3.05, 3.63) is 0 Å². The van der Waals surface area contributed by atoms with Gasteiger partial charge in [-0.25, -0.2) is 0 Å². The average molecular weight is 266 g/mol. The fraction of sp³-hybridized carbons (Fsp3) is 0.917. The van der Waals surface area contributed by atoms with E-state index >= 15 is 0 Å². The Balaban J connectivity index is 2.79. The van der Waals surface area contributed by atoms with Crippen LogP contribution >= 0.6 is 0 Å². The molecule has 2 N–H and O–H groups in total. The van der Waals surface area contributed by atoms with Gasteiger partial charge in [-0.05, 0) is 31.6 Å². The van der Waals surface area contributed by atoms with Crippen molar-refractivity contribution in [2.45, 2.75) is 51.7 Å². The second-order valence-corrected chi connectivity index (χ2v) is 6.01. The molecule has 0 aromatic rings. The van der Waals surface area contributed by atoms with E-state index < -0.39 is 17.6 Å². The lowest BCUT2D eigenvalue weighted by Gasteiger charge is -2.32. The summed E-state index contributed by atoms with van der Waals surface area (Å²) in [6.07, 6.45) is -2.39. The molecule has 6 heteroatoms. The summed E-state index contributed by atoms with van der Waals surface area (Å²) in [7, 11) is 0. The Labute approximate surface area is 106 Å². The van der Waals surface area contributed by atoms with E-state index in [-0.39, 0.29) is 5.41 Å². The smallest absolute Gasteiger partial charge is 0.341 e. The van der Waals surface area contributed by atoms with E-state index in [4.69, 9.17) is 5.73 Å². The van der Waals surface area contributed by atoms with Gasteiger partial charge in [0.25, 0.3) is 5.91 Å². The van der Waals surface area contributed by atoms with Crippen molar-refractivity contribution in [2.75, 3.05) is 13.1 Å². The lowest BCUT2D eigenvalue weighted by molar-refractivity contribution is -0.193. The van der Waals surface area contributed by atoms with Gasteiger partial charge in [-0.3, -0.25) is 4.79 Å². The lowest BCUT2D eigenvalue weighted by Crippen LogP contribution is -2.62. The highest BCUT2D eigenvalue weighted by atomic mass is 19.4. The highest BCUT2D eigenvalue weighted by Gasteiger charge is 2.55. The molecule has 1 unspecified atom stereocenters. The Hall–Kier alpha value is -0.780. The first-order chi connectivity index (χ1) is 7.97. The number of carbonyl (C=O) groups excluding carboxylic acids is 1. The molecule has 1 amide bonds. The van der Waals surface area contributed by atoms with Gasteiger partial charge in [0.2, 0.25) is 0 Å². The number of alkyl halides is 3. The largest absolute Gasteiger partial charge is 0.415 e. The van der Waals surface area contributed by atoms with E-state index in [2.05, 4.69) is 13.8 Å². The third-order valence-corrected chi connectivity index (χ3v) is 3.66. The highest BCUT2D eigenvalue weighted by molar-refractivity contribution is 5.86. The van der Waals surface area contributed by atoms with Crippen LogP contribution < -0.4 is 5.73 Å². The number of nitrogens with two attached hydrogens (primary N) is 1. The molecule has 1 fully saturated rings. The van der Waals surface area contributed by atoms with Gasteiger partial charge in [0, 0.05) is 13.1 Å². The predicted molar refractivity (Wildman–Crippen MR) is 62.9 cm³/mol. The van der Waals surface area contributed by atoms with Crippen LogP contribution in [0.2, 0.25) is 0 Å². The number of hydrogen-bond acceptors (Lipinski definition) is 2.